The number of rotatable bonds is 6. The fourth-order valence-electron chi connectivity index (χ4n) is 4.50. The Kier molecular flexibility index (Phi) is 5.89. The third-order valence-corrected chi connectivity index (χ3v) is 7.15. The van der Waals surface area contributed by atoms with E-state index in [0.29, 0.717) is 12.4 Å². The van der Waals surface area contributed by atoms with Crippen molar-refractivity contribution in [2.75, 3.05) is 0 Å². The van der Waals surface area contributed by atoms with Crippen LogP contribution in [-0.4, -0.2) is 41.3 Å². The lowest BCUT2D eigenvalue weighted by Gasteiger charge is -2.14. The highest BCUT2D eigenvalue weighted by atomic mass is 32.1. The lowest BCUT2D eigenvalue weighted by molar-refractivity contribution is 0.0931. The normalized spacial score (nSPS) is 14.5. The second-order valence-electron chi connectivity index (χ2n) is 8.89. The molecule has 6 rings (SSSR count). The standard InChI is InChI=1S/C26H22N8O2S/c1-14-31-24(34-33-14)17-4-6-19-16(9-17)5-7-20(19)32-26(36)22-10-21(28-13-29-22)25(35)27-11-15-2-3-18-12-30-37-23(18)8-15/h2-4,6,8-10,12-13,20H,5,7,11H2,1H3,(H,27,35)(H,32,36)(H,31,33,34)/t20-/m1/s1. The van der Waals surface area contributed by atoms with Crippen LogP contribution in [0.5, 0.6) is 0 Å². The number of benzene rings is 2. The van der Waals surface area contributed by atoms with E-state index in [-0.39, 0.29) is 29.2 Å². The lowest BCUT2D eigenvalue weighted by Crippen LogP contribution is -2.29. The first-order valence-electron chi connectivity index (χ1n) is 11.8. The molecule has 0 aliphatic heterocycles. The first kappa shape index (κ1) is 22.9. The van der Waals surface area contributed by atoms with Crippen molar-refractivity contribution in [3.8, 4) is 11.4 Å². The summed E-state index contributed by atoms with van der Waals surface area (Å²) in [5, 5.41) is 14.1. The summed E-state index contributed by atoms with van der Waals surface area (Å²) in [5.74, 6) is 0.694. The molecule has 0 spiro atoms. The lowest BCUT2D eigenvalue weighted by atomic mass is 10.0. The smallest absolute Gasteiger partial charge is 0.270 e. The summed E-state index contributed by atoms with van der Waals surface area (Å²) >= 11 is 1.41. The average Bonchev–Trinajstić information content (AvgIpc) is 3.67. The summed E-state index contributed by atoms with van der Waals surface area (Å²) in [6, 6.07) is 13.3. The third-order valence-electron chi connectivity index (χ3n) is 6.39. The molecular weight excluding hydrogens is 488 g/mol. The molecule has 0 radical (unpaired) electrons. The largest absolute Gasteiger partial charge is 0.347 e. The second kappa shape index (κ2) is 9.51. The number of aromatic nitrogens is 6. The topological polar surface area (TPSA) is 138 Å². The van der Waals surface area contributed by atoms with Crippen LogP contribution in [0.4, 0.5) is 0 Å². The third kappa shape index (κ3) is 4.68. The van der Waals surface area contributed by atoms with Crippen LogP contribution in [0.25, 0.3) is 21.5 Å². The molecule has 184 valence electrons. The highest BCUT2D eigenvalue weighted by Crippen LogP contribution is 2.33. The first-order chi connectivity index (χ1) is 18.0. The highest BCUT2D eigenvalue weighted by molar-refractivity contribution is 7.13. The van der Waals surface area contributed by atoms with Crippen LogP contribution in [0.3, 0.4) is 0 Å². The molecule has 3 aromatic heterocycles. The van der Waals surface area contributed by atoms with Crippen molar-refractivity contribution in [3.05, 3.63) is 88.9 Å². The molecule has 2 aromatic carbocycles. The van der Waals surface area contributed by atoms with Crippen LogP contribution in [0.1, 0.15) is 56.0 Å². The maximum atomic E-state index is 13.0. The van der Waals surface area contributed by atoms with Gasteiger partial charge in [0.15, 0.2) is 5.82 Å². The number of carbonyl (C=O) groups excluding carboxylic acids is 2. The minimum atomic E-state index is -0.373. The number of hydrogen-bond donors (Lipinski definition) is 3. The first-order valence-corrected chi connectivity index (χ1v) is 12.6. The van der Waals surface area contributed by atoms with E-state index in [1.807, 2.05) is 43.5 Å². The highest BCUT2D eigenvalue weighted by Gasteiger charge is 2.26. The van der Waals surface area contributed by atoms with Gasteiger partial charge >= 0.3 is 0 Å². The van der Waals surface area contributed by atoms with Gasteiger partial charge in [-0.25, -0.2) is 15.0 Å². The van der Waals surface area contributed by atoms with E-state index in [1.165, 1.54) is 23.9 Å². The molecule has 1 aliphatic carbocycles. The molecule has 0 saturated carbocycles. The van der Waals surface area contributed by atoms with Gasteiger partial charge in [-0.2, -0.15) is 9.47 Å². The van der Waals surface area contributed by atoms with E-state index in [9.17, 15) is 9.59 Å². The van der Waals surface area contributed by atoms with Gasteiger partial charge in [0.2, 0.25) is 0 Å². The van der Waals surface area contributed by atoms with Crippen molar-refractivity contribution >= 4 is 33.4 Å². The van der Waals surface area contributed by atoms with Crippen molar-refractivity contribution in [1.29, 1.82) is 0 Å². The number of hydrogen-bond acceptors (Lipinski definition) is 8. The molecule has 1 aliphatic rings. The monoisotopic (exact) mass is 510 g/mol. The van der Waals surface area contributed by atoms with Crippen LogP contribution in [0, 0.1) is 6.92 Å². The SMILES string of the molecule is Cc1nc(-c2ccc3c(c2)CC[C@H]3NC(=O)c2cc(C(=O)NCc3ccc4cnsc4c3)ncn2)n[nH]1. The van der Waals surface area contributed by atoms with Gasteiger partial charge in [-0.1, -0.05) is 24.3 Å². The predicted octanol–water partition coefficient (Wildman–Crippen LogP) is 3.53. The summed E-state index contributed by atoms with van der Waals surface area (Å²) in [4.78, 5) is 38.2. The van der Waals surface area contributed by atoms with E-state index < -0.39 is 0 Å². The average molecular weight is 511 g/mol. The van der Waals surface area contributed by atoms with Crippen LogP contribution in [-0.2, 0) is 13.0 Å². The van der Waals surface area contributed by atoms with E-state index in [2.05, 4.69) is 46.2 Å². The van der Waals surface area contributed by atoms with Gasteiger partial charge in [0.1, 0.15) is 23.5 Å². The molecule has 0 bridgehead atoms. The summed E-state index contributed by atoms with van der Waals surface area (Å²) in [6.45, 7) is 2.20. The maximum absolute atomic E-state index is 13.0. The predicted molar refractivity (Wildman–Crippen MR) is 138 cm³/mol. The Labute approximate surface area is 215 Å². The second-order valence-corrected chi connectivity index (χ2v) is 9.73. The zero-order valence-corrected chi connectivity index (χ0v) is 20.7. The van der Waals surface area contributed by atoms with E-state index in [1.54, 1.807) is 0 Å². The number of aromatic amines is 1. The van der Waals surface area contributed by atoms with Gasteiger partial charge in [-0.3, -0.25) is 14.7 Å². The summed E-state index contributed by atoms with van der Waals surface area (Å²) in [7, 11) is 0. The van der Waals surface area contributed by atoms with E-state index in [4.69, 9.17) is 0 Å². The minimum absolute atomic E-state index is 0.136. The van der Waals surface area contributed by atoms with Gasteiger partial charge in [0.05, 0.1) is 10.7 Å². The molecule has 3 heterocycles. The molecule has 0 fully saturated rings. The molecule has 3 N–H and O–H groups in total. The fraction of sp³-hybridized carbons (Fsp3) is 0.192. The van der Waals surface area contributed by atoms with Crippen molar-refractivity contribution in [2.45, 2.75) is 32.4 Å². The van der Waals surface area contributed by atoms with Crippen molar-refractivity contribution in [2.24, 2.45) is 0 Å². The van der Waals surface area contributed by atoms with Gasteiger partial charge in [-0.15, -0.1) is 0 Å². The van der Waals surface area contributed by atoms with Crippen molar-refractivity contribution < 1.29 is 9.59 Å². The number of carbonyl (C=O) groups is 2. The molecule has 5 aromatic rings. The Morgan fingerprint density at radius 1 is 1.08 bits per heavy atom. The quantitative estimate of drug-likeness (QED) is 0.318. The van der Waals surface area contributed by atoms with Crippen LogP contribution < -0.4 is 10.6 Å². The van der Waals surface area contributed by atoms with Gasteiger partial charge in [0, 0.05) is 29.8 Å². The van der Waals surface area contributed by atoms with Crippen LogP contribution in [0.15, 0.2) is 55.0 Å². The number of fused-ring (bicyclic) bond motifs is 2. The van der Waals surface area contributed by atoms with Crippen molar-refractivity contribution in [3.63, 3.8) is 0 Å². The molecule has 37 heavy (non-hydrogen) atoms. The number of aryl methyl sites for hydroxylation is 2. The number of nitrogens with one attached hydrogen (secondary N) is 3. The Hall–Kier alpha value is -4.51. The molecular formula is C26H22N8O2S. The molecule has 11 heteroatoms. The summed E-state index contributed by atoms with van der Waals surface area (Å²) < 4.78 is 5.23. The summed E-state index contributed by atoms with van der Waals surface area (Å²) in [6.07, 6.45) is 4.67. The molecule has 0 unspecified atom stereocenters. The Morgan fingerprint density at radius 2 is 1.95 bits per heavy atom. The molecule has 1 atom stereocenters. The van der Waals surface area contributed by atoms with E-state index in [0.717, 1.165) is 51.0 Å². The van der Waals surface area contributed by atoms with Crippen LogP contribution >= 0.6 is 11.5 Å². The van der Waals surface area contributed by atoms with Crippen molar-refractivity contribution in [1.82, 2.24) is 40.2 Å². The van der Waals surface area contributed by atoms with Gasteiger partial charge in [0.25, 0.3) is 11.8 Å². The fourth-order valence-corrected chi connectivity index (χ4v) is 5.21. The van der Waals surface area contributed by atoms with Gasteiger partial charge in [-0.05, 0) is 60.1 Å². The zero-order chi connectivity index (χ0) is 25.4. The maximum Gasteiger partial charge on any atom is 0.270 e. The Balaban J connectivity index is 1.11. The van der Waals surface area contributed by atoms with Gasteiger partial charge < -0.3 is 10.6 Å². The number of H-pyrrole nitrogens is 1. The Morgan fingerprint density at radius 3 is 2.78 bits per heavy atom. The van der Waals surface area contributed by atoms with E-state index >= 15 is 0 Å². The number of nitrogens with zero attached hydrogens (tertiary/aromatic N) is 5. The molecule has 2 amide bonds. The number of amides is 2. The summed E-state index contributed by atoms with van der Waals surface area (Å²) in [5.41, 5.74) is 4.40. The minimum Gasteiger partial charge on any atom is -0.347 e. The Bertz CT molecular complexity index is 1640. The molecule has 0 saturated heterocycles. The van der Waals surface area contributed by atoms with Crippen LogP contribution in [0.2, 0.25) is 0 Å². The zero-order valence-electron chi connectivity index (χ0n) is 19.9. The molecule has 10 nitrogen and oxygen atoms in total.